The van der Waals surface area contributed by atoms with Crippen LogP contribution >= 0.6 is 11.8 Å². The average Bonchev–Trinajstić information content (AvgIpc) is 3.23. The number of para-hydroxylation sites is 1. The zero-order valence-electron chi connectivity index (χ0n) is 19.9. The maximum absolute atomic E-state index is 13.5. The van der Waals surface area contributed by atoms with E-state index in [0.29, 0.717) is 41.6 Å². The Bertz CT molecular complexity index is 1390. The first kappa shape index (κ1) is 24.0. The molecule has 0 saturated heterocycles. The van der Waals surface area contributed by atoms with E-state index in [1.807, 2.05) is 68.5 Å². The van der Waals surface area contributed by atoms with Crippen LogP contribution in [0, 0.1) is 13.8 Å². The predicted octanol–water partition coefficient (Wildman–Crippen LogP) is 3.67. The molecule has 1 unspecified atom stereocenters. The Kier molecular flexibility index (Phi) is 7.33. The normalized spacial score (nSPS) is 12.4. The van der Waals surface area contributed by atoms with E-state index in [1.165, 1.54) is 11.8 Å². The summed E-state index contributed by atoms with van der Waals surface area (Å²) in [5.41, 5.74) is 3.40. The van der Waals surface area contributed by atoms with E-state index >= 15 is 0 Å². The van der Waals surface area contributed by atoms with Crippen LogP contribution in [0.25, 0.3) is 22.4 Å². The highest BCUT2D eigenvalue weighted by atomic mass is 32.2. The van der Waals surface area contributed by atoms with Crippen molar-refractivity contribution in [3.05, 3.63) is 63.9 Å². The smallest absolute Gasteiger partial charge is 0.267 e. The molecule has 0 aliphatic heterocycles. The van der Waals surface area contributed by atoms with Crippen molar-refractivity contribution in [2.24, 2.45) is 0 Å². The summed E-state index contributed by atoms with van der Waals surface area (Å²) in [4.78, 5) is 26.1. The van der Waals surface area contributed by atoms with E-state index in [9.17, 15) is 9.59 Å². The van der Waals surface area contributed by atoms with Crippen molar-refractivity contribution in [3.63, 3.8) is 0 Å². The summed E-state index contributed by atoms with van der Waals surface area (Å²) >= 11 is 1.32. The first-order valence-electron chi connectivity index (χ1n) is 11.4. The third-order valence-corrected chi connectivity index (χ3v) is 6.65. The number of hydrogen-bond acceptors (Lipinski definition) is 6. The Morgan fingerprint density at radius 1 is 1.18 bits per heavy atom. The molecule has 1 N–H and O–H groups in total. The molecule has 4 aromatic rings. The summed E-state index contributed by atoms with van der Waals surface area (Å²) in [5, 5.41) is 12.4. The van der Waals surface area contributed by atoms with Gasteiger partial charge >= 0.3 is 0 Å². The highest BCUT2D eigenvalue weighted by Crippen LogP contribution is 2.27. The second-order valence-electron chi connectivity index (χ2n) is 8.17. The van der Waals surface area contributed by atoms with Gasteiger partial charge in [0.25, 0.3) is 5.56 Å². The second kappa shape index (κ2) is 10.4. The predicted molar refractivity (Wildman–Crippen MR) is 135 cm³/mol. The number of amides is 1. The number of nitrogens with zero attached hydrogens (tertiary/aromatic N) is 4. The molecule has 2 heterocycles. The second-order valence-corrected chi connectivity index (χ2v) is 9.48. The van der Waals surface area contributed by atoms with Gasteiger partial charge < -0.3 is 10.1 Å². The molecule has 178 valence electrons. The maximum atomic E-state index is 13.5. The fourth-order valence-corrected chi connectivity index (χ4v) is 4.79. The Labute approximate surface area is 202 Å². The number of rotatable bonds is 9. The highest BCUT2D eigenvalue weighted by molar-refractivity contribution is 8.00. The van der Waals surface area contributed by atoms with Gasteiger partial charge in [-0.1, -0.05) is 41.6 Å². The molecule has 2 aromatic heterocycles. The standard InChI is InChI=1S/C25H29N5O3S/c1-5-33-14-8-13-26-22(31)18(4)34-25-28-27-24-29(20-12-11-16(2)15-17(20)3)23(32)19-9-6-7-10-21(19)30(24)25/h6-7,9-12,15,18H,5,8,13-14H2,1-4H3,(H,26,31). The summed E-state index contributed by atoms with van der Waals surface area (Å²) in [6.07, 6.45) is 0.762. The topological polar surface area (TPSA) is 90.5 Å². The lowest BCUT2D eigenvalue weighted by Gasteiger charge is -2.15. The molecule has 0 bridgehead atoms. The summed E-state index contributed by atoms with van der Waals surface area (Å²) in [6.45, 7) is 9.63. The molecular weight excluding hydrogens is 450 g/mol. The van der Waals surface area contributed by atoms with Crippen molar-refractivity contribution in [1.29, 1.82) is 0 Å². The number of benzene rings is 2. The van der Waals surface area contributed by atoms with Crippen LogP contribution in [0.1, 0.15) is 31.4 Å². The van der Waals surface area contributed by atoms with Gasteiger partial charge in [0.15, 0.2) is 5.16 Å². The molecule has 9 heteroatoms. The number of fused-ring (bicyclic) bond motifs is 3. The van der Waals surface area contributed by atoms with Crippen LogP contribution < -0.4 is 10.9 Å². The van der Waals surface area contributed by atoms with Crippen molar-refractivity contribution >= 4 is 34.3 Å². The summed E-state index contributed by atoms with van der Waals surface area (Å²) in [7, 11) is 0. The Hall–Kier alpha value is -3.17. The van der Waals surface area contributed by atoms with E-state index in [2.05, 4.69) is 15.5 Å². The largest absolute Gasteiger partial charge is 0.382 e. The number of hydrogen-bond donors (Lipinski definition) is 1. The molecular formula is C25H29N5O3S. The molecule has 0 radical (unpaired) electrons. The number of nitrogens with one attached hydrogen (secondary N) is 1. The van der Waals surface area contributed by atoms with Crippen LogP contribution in [-0.4, -0.2) is 50.1 Å². The number of ether oxygens (including phenoxy) is 1. The third kappa shape index (κ3) is 4.71. The maximum Gasteiger partial charge on any atom is 0.267 e. The molecule has 1 amide bonds. The SMILES string of the molecule is CCOCCCNC(=O)C(C)Sc1nnc2n(-c3ccc(C)cc3C)c(=O)c3ccccc3n12. The van der Waals surface area contributed by atoms with Crippen molar-refractivity contribution in [2.75, 3.05) is 19.8 Å². The van der Waals surface area contributed by atoms with Crippen molar-refractivity contribution in [2.45, 2.75) is 44.5 Å². The van der Waals surface area contributed by atoms with Crippen LogP contribution in [0.4, 0.5) is 0 Å². The van der Waals surface area contributed by atoms with Gasteiger partial charge in [0.05, 0.1) is 21.8 Å². The summed E-state index contributed by atoms with van der Waals surface area (Å²) in [5.74, 6) is 0.340. The van der Waals surface area contributed by atoms with Crippen LogP contribution in [0.15, 0.2) is 52.4 Å². The lowest BCUT2D eigenvalue weighted by Crippen LogP contribution is -2.32. The Morgan fingerprint density at radius 3 is 2.74 bits per heavy atom. The molecule has 2 aromatic carbocycles. The van der Waals surface area contributed by atoms with Gasteiger partial charge in [-0.15, -0.1) is 10.2 Å². The van der Waals surface area contributed by atoms with E-state index in [4.69, 9.17) is 4.74 Å². The van der Waals surface area contributed by atoms with Crippen molar-refractivity contribution in [3.8, 4) is 5.69 Å². The van der Waals surface area contributed by atoms with E-state index in [-0.39, 0.29) is 16.7 Å². The Balaban J connectivity index is 1.74. The van der Waals surface area contributed by atoms with E-state index < -0.39 is 0 Å². The fourth-order valence-electron chi connectivity index (χ4n) is 3.91. The number of aryl methyl sites for hydroxylation is 2. The number of carbonyl (C=O) groups excluding carboxylic acids is 1. The van der Waals surface area contributed by atoms with Crippen molar-refractivity contribution < 1.29 is 9.53 Å². The monoisotopic (exact) mass is 479 g/mol. The molecule has 0 saturated carbocycles. The van der Waals surface area contributed by atoms with Gasteiger partial charge in [-0.25, -0.2) is 4.57 Å². The minimum absolute atomic E-state index is 0.0785. The summed E-state index contributed by atoms with van der Waals surface area (Å²) < 4.78 is 8.78. The van der Waals surface area contributed by atoms with Crippen LogP contribution in [0.2, 0.25) is 0 Å². The van der Waals surface area contributed by atoms with Gasteiger partial charge in [0, 0.05) is 19.8 Å². The van der Waals surface area contributed by atoms with Gasteiger partial charge in [0.1, 0.15) is 0 Å². The zero-order valence-corrected chi connectivity index (χ0v) is 20.7. The minimum atomic E-state index is -0.389. The quantitative estimate of drug-likeness (QED) is 0.291. The molecule has 0 spiro atoms. The zero-order chi connectivity index (χ0) is 24.2. The van der Waals surface area contributed by atoms with Crippen LogP contribution in [-0.2, 0) is 9.53 Å². The molecule has 8 nitrogen and oxygen atoms in total. The number of thioether (sulfide) groups is 1. The number of aromatic nitrogens is 4. The molecule has 0 aliphatic rings. The minimum Gasteiger partial charge on any atom is -0.382 e. The Morgan fingerprint density at radius 2 is 1.97 bits per heavy atom. The van der Waals surface area contributed by atoms with Gasteiger partial charge in [-0.3, -0.25) is 14.0 Å². The molecule has 4 rings (SSSR count). The van der Waals surface area contributed by atoms with Gasteiger partial charge in [-0.2, -0.15) is 0 Å². The first-order chi connectivity index (χ1) is 16.4. The highest BCUT2D eigenvalue weighted by Gasteiger charge is 2.22. The molecule has 34 heavy (non-hydrogen) atoms. The molecule has 0 aliphatic carbocycles. The van der Waals surface area contributed by atoms with Gasteiger partial charge in [-0.05, 0) is 57.9 Å². The molecule has 0 fully saturated rings. The van der Waals surface area contributed by atoms with Crippen LogP contribution in [0.3, 0.4) is 0 Å². The average molecular weight is 480 g/mol. The third-order valence-electron chi connectivity index (χ3n) is 5.61. The van der Waals surface area contributed by atoms with E-state index in [1.54, 1.807) is 10.6 Å². The first-order valence-corrected chi connectivity index (χ1v) is 12.3. The lowest BCUT2D eigenvalue weighted by molar-refractivity contribution is -0.120. The van der Waals surface area contributed by atoms with E-state index in [0.717, 1.165) is 23.2 Å². The van der Waals surface area contributed by atoms with Crippen LogP contribution in [0.5, 0.6) is 0 Å². The number of carbonyl (C=O) groups is 1. The van der Waals surface area contributed by atoms with Crippen molar-refractivity contribution in [1.82, 2.24) is 24.5 Å². The summed E-state index contributed by atoms with van der Waals surface area (Å²) in [6, 6.07) is 13.4. The van der Waals surface area contributed by atoms with Gasteiger partial charge in [0.2, 0.25) is 11.7 Å². The lowest BCUT2D eigenvalue weighted by atomic mass is 10.1. The molecule has 1 atom stereocenters. The fraction of sp³-hybridized carbons (Fsp3) is 0.360.